The van der Waals surface area contributed by atoms with Crippen molar-refractivity contribution in [2.45, 2.75) is 57.0 Å². The van der Waals surface area contributed by atoms with Gasteiger partial charge in [-0.15, -0.1) is 0 Å². The third-order valence-electron chi connectivity index (χ3n) is 8.32. The van der Waals surface area contributed by atoms with E-state index in [1.807, 2.05) is 36.4 Å². The number of rotatable bonds is 6. The Balaban J connectivity index is 1.07. The molecule has 198 valence electrons. The minimum Gasteiger partial charge on any atom is -0.490 e. The van der Waals surface area contributed by atoms with Crippen molar-refractivity contribution >= 4 is 45.6 Å². The number of halogens is 2. The van der Waals surface area contributed by atoms with Crippen molar-refractivity contribution < 1.29 is 19.2 Å². The first-order valence-electron chi connectivity index (χ1n) is 13.4. The zero-order chi connectivity index (χ0) is 26.7. The van der Waals surface area contributed by atoms with Gasteiger partial charge in [0.05, 0.1) is 21.7 Å². The van der Waals surface area contributed by atoms with Crippen LogP contribution in [0.15, 0.2) is 59.1 Å². The molecule has 2 saturated carbocycles. The minimum absolute atomic E-state index is 0.0409. The second-order valence-electron chi connectivity index (χ2n) is 11.0. The molecule has 4 aromatic rings. The fourth-order valence-corrected chi connectivity index (χ4v) is 6.68. The zero-order valence-corrected chi connectivity index (χ0v) is 22.6. The van der Waals surface area contributed by atoms with Crippen LogP contribution in [0.5, 0.6) is 5.75 Å². The minimum atomic E-state index is -1.03. The second-order valence-corrected chi connectivity index (χ2v) is 11.8. The summed E-state index contributed by atoms with van der Waals surface area (Å²) in [5.41, 5.74) is 4.74. The van der Waals surface area contributed by atoms with Gasteiger partial charge in [0.2, 0.25) is 0 Å². The fraction of sp³-hybridized carbons (Fsp3) is 0.323. The monoisotopic (exact) mass is 560 g/mol. The summed E-state index contributed by atoms with van der Waals surface area (Å²) >= 11 is 13.1. The molecule has 8 heteroatoms. The number of hydrogen-bond acceptors (Lipinski definition) is 5. The summed E-state index contributed by atoms with van der Waals surface area (Å²) in [4.78, 5) is 15.4. The summed E-state index contributed by atoms with van der Waals surface area (Å²) in [7, 11) is 0. The largest absolute Gasteiger partial charge is 0.490 e. The molecular weight excluding hydrogens is 535 g/mol. The van der Waals surface area contributed by atoms with Gasteiger partial charge in [-0.05, 0) is 92.3 Å². The molecule has 0 saturated heterocycles. The molecule has 6 nitrogen and oxygen atoms in total. The predicted octanol–water partition coefficient (Wildman–Crippen LogP) is 8.57. The smallest absolute Gasteiger partial charge is 0.354 e. The number of hydrogen-bond donors (Lipinski definition) is 1. The van der Waals surface area contributed by atoms with E-state index in [4.69, 9.17) is 32.5 Å². The second kappa shape index (κ2) is 9.39. The third-order valence-corrected chi connectivity index (χ3v) is 8.95. The van der Waals surface area contributed by atoms with Crippen LogP contribution in [0, 0.1) is 5.41 Å². The van der Waals surface area contributed by atoms with Crippen LogP contribution < -0.4 is 4.74 Å². The van der Waals surface area contributed by atoms with Crippen LogP contribution in [-0.2, 0) is 0 Å². The number of nitrogens with zero attached hydrogens (tertiary/aromatic N) is 2. The van der Waals surface area contributed by atoms with Crippen molar-refractivity contribution in [1.29, 1.82) is 0 Å². The highest BCUT2D eigenvalue weighted by Crippen LogP contribution is 2.57. The first-order chi connectivity index (χ1) is 18.9. The van der Waals surface area contributed by atoms with E-state index >= 15 is 0 Å². The van der Waals surface area contributed by atoms with E-state index in [1.54, 1.807) is 6.07 Å². The summed E-state index contributed by atoms with van der Waals surface area (Å²) < 4.78 is 12.2. The maximum Gasteiger partial charge on any atom is 0.354 e. The van der Waals surface area contributed by atoms with Crippen LogP contribution in [0.4, 0.5) is 0 Å². The van der Waals surface area contributed by atoms with Gasteiger partial charge in [0.25, 0.3) is 0 Å². The summed E-state index contributed by atoms with van der Waals surface area (Å²) in [6.07, 6.45) is 9.88. The van der Waals surface area contributed by atoms with Crippen LogP contribution in [0.1, 0.15) is 72.7 Å². The molecule has 2 heterocycles. The Morgan fingerprint density at radius 1 is 1.00 bits per heavy atom. The first kappa shape index (κ1) is 24.7. The molecule has 2 fully saturated rings. The highest BCUT2D eigenvalue weighted by Gasteiger charge is 2.44. The van der Waals surface area contributed by atoms with E-state index in [2.05, 4.69) is 16.2 Å². The Hall–Kier alpha value is -3.35. The number of carboxylic acids is 1. The molecule has 0 atom stereocenters. The van der Waals surface area contributed by atoms with Crippen molar-refractivity contribution in [3.8, 4) is 17.0 Å². The SMILES string of the molecule is O=C(O)c1ccc2cc(OC3CCC4(C=C(c5c(-c6c(Cl)cccc6Cl)noc5C5CC5)C4)CC3)ccc2n1. The Morgan fingerprint density at radius 2 is 1.74 bits per heavy atom. The van der Waals surface area contributed by atoms with Crippen LogP contribution in [0.3, 0.4) is 0 Å². The number of pyridine rings is 1. The lowest BCUT2D eigenvalue weighted by atomic mass is 9.61. The van der Waals surface area contributed by atoms with Gasteiger partial charge in [0.1, 0.15) is 22.9 Å². The maximum atomic E-state index is 11.2. The van der Waals surface area contributed by atoms with Gasteiger partial charge in [0, 0.05) is 22.4 Å². The van der Waals surface area contributed by atoms with Crippen molar-refractivity contribution in [2.24, 2.45) is 5.41 Å². The molecule has 0 unspecified atom stereocenters. The topological polar surface area (TPSA) is 85.5 Å². The normalized spacial score (nSPS) is 22.5. The molecule has 1 N–H and O–H groups in total. The predicted molar refractivity (Wildman–Crippen MR) is 151 cm³/mol. The fourth-order valence-electron chi connectivity index (χ4n) is 6.11. The molecule has 7 rings (SSSR count). The Labute approximate surface area is 235 Å². The van der Waals surface area contributed by atoms with Crippen molar-refractivity contribution in [3.63, 3.8) is 0 Å². The molecular formula is C31H26Cl2N2O4. The molecule has 0 amide bonds. The standard InChI is InChI=1S/C31H26Cl2N2O4/c32-22-2-1-3-23(33)27(22)28-26(29(39-35-28)17-4-5-17)19-15-31(16-19)12-10-20(11-13-31)38-21-7-9-24-18(14-21)6-8-25(34-24)30(36)37/h1-3,6-9,14-15,17,20H,4-5,10-13,16H2,(H,36,37). The summed E-state index contributed by atoms with van der Waals surface area (Å²) in [6, 6.07) is 14.5. The quantitative estimate of drug-likeness (QED) is 0.254. The number of carboxylic acid groups (broad SMARTS) is 1. The van der Waals surface area contributed by atoms with Gasteiger partial charge in [-0.1, -0.05) is 46.6 Å². The van der Waals surface area contributed by atoms with E-state index in [0.29, 0.717) is 21.5 Å². The Morgan fingerprint density at radius 3 is 2.44 bits per heavy atom. The number of aromatic carboxylic acids is 1. The molecule has 2 aromatic carbocycles. The highest BCUT2D eigenvalue weighted by molar-refractivity contribution is 6.39. The molecule has 0 aliphatic heterocycles. The number of carbonyl (C=O) groups is 1. The number of benzene rings is 2. The molecule has 39 heavy (non-hydrogen) atoms. The molecule has 3 aliphatic carbocycles. The maximum absolute atomic E-state index is 11.2. The lowest BCUT2D eigenvalue weighted by Gasteiger charge is -2.45. The van der Waals surface area contributed by atoms with E-state index < -0.39 is 5.97 Å². The van der Waals surface area contributed by atoms with E-state index in [0.717, 1.165) is 78.7 Å². The highest BCUT2D eigenvalue weighted by atomic mass is 35.5. The average Bonchev–Trinajstić information content (AvgIpc) is 3.67. The Bertz CT molecular complexity index is 1630. The molecule has 2 aromatic heterocycles. The van der Waals surface area contributed by atoms with Gasteiger partial charge >= 0.3 is 5.97 Å². The van der Waals surface area contributed by atoms with Crippen LogP contribution >= 0.6 is 23.2 Å². The average molecular weight is 561 g/mol. The van der Waals surface area contributed by atoms with Gasteiger partial charge in [-0.25, -0.2) is 9.78 Å². The van der Waals surface area contributed by atoms with Crippen molar-refractivity contribution in [2.75, 3.05) is 0 Å². The summed E-state index contributed by atoms with van der Waals surface area (Å²) in [5, 5.41) is 15.7. The first-order valence-corrected chi connectivity index (χ1v) is 14.1. The number of ether oxygens (including phenoxy) is 1. The zero-order valence-electron chi connectivity index (χ0n) is 21.1. The summed E-state index contributed by atoms with van der Waals surface area (Å²) in [6.45, 7) is 0. The molecule has 0 radical (unpaired) electrons. The lowest BCUT2D eigenvalue weighted by molar-refractivity contribution is 0.0691. The number of aromatic nitrogens is 2. The Kier molecular flexibility index (Phi) is 5.94. The lowest BCUT2D eigenvalue weighted by Crippen LogP contribution is -2.35. The van der Waals surface area contributed by atoms with Crippen LogP contribution in [0.25, 0.3) is 27.7 Å². The molecule has 3 aliphatic rings. The van der Waals surface area contributed by atoms with Crippen molar-refractivity contribution in [3.05, 3.63) is 81.7 Å². The number of fused-ring (bicyclic) bond motifs is 1. The van der Waals surface area contributed by atoms with E-state index in [9.17, 15) is 9.90 Å². The van der Waals surface area contributed by atoms with Crippen molar-refractivity contribution in [1.82, 2.24) is 10.1 Å². The van der Waals surface area contributed by atoms with E-state index in [-0.39, 0.29) is 17.2 Å². The number of allylic oxidation sites excluding steroid dienone is 2. The van der Waals surface area contributed by atoms with Crippen LogP contribution in [-0.4, -0.2) is 27.3 Å². The van der Waals surface area contributed by atoms with Gasteiger partial charge < -0.3 is 14.4 Å². The van der Waals surface area contributed by atoms with Gasteiger partial charge in [0.15, 0.2) is 0 Å². The molecule has 1 spiro atoms. The van der Waals surface area contributed by atoms with Gasteiger partial charge in [-0.2, -0.15) is 0 Å². The summed E-state index contributed by atoms with van der Waals surface area (Å²) in [5.74, 6) is 1.16. The van der Waals surface area contributed by atoms with Gasteiger partial charge in [-0.3, -0.25) is 0 Å². The van der Waals surface area contributed by atoms with E-state index in [1.165, 1.54) is 11.6 Å². The molecule has 0 bridgehead atoms. The third kappa shape index (κ3) is 4.50. The van der Waals surface area contributed by atoms with Crippen LogP contribution in [0.2, 0.25) is 10.0 Å².